The maximum Gasteiger partial charge on any atom is 2.00 e. The quantitative estimate of drug-likeness (QED) is 0.0647. The van der Waals surface area contributed by atoms with E-state index in [0.717, 1.165) is 81.2 Å². The third-order valence-electron chi connectivity index (χ3n) is 8.10. The predicted octanol–water partition coefficient (Wildman–Crippen LogP) is 15.1. The molecule has 0 bridgehead atoms. The number of aromatic nitrogens is 4. The fourth-order valence-electron chi connectivity index (χ4n) is 5.56. The minimum atomic E-state index is -10.7. The van der Waals surface area contributed by atoms with Gasteiger partial charge in [-0.1, -0.05) is 63.1 Å². The molecule has 0 spiro atoms. The van der Waals surface area contributed by atoms with Crippen LogP contribution in [0.4, 0.5) is 62.0 Å². The Bertz CT molecular complexity index is 2330. The van der Waals surface area contributed by atoms with Crippen molar-refractivity contribution in [2.45, 2.75) is 39.5 Å². The summed E-state index contributed by atoms with van der Waals surface area (Å²) >= 11 is 0. The molecule has 0 amide bonds. The molecule has 4 radical (unpaired) electrons. The van der Waals surface area contributed by atoms with Crippen LogP contribution in [0.25, 0.3) is 43.6 Å². The van der Waals surface area contributed by atoms with Gasteiger partial charge in [0.1, 0.15) is 11.6 Å². The van der Waals surface area contributed by atoms with Crippen LogP contribution in [0.5, 0.6) is 0 Å². The van der Waals surface area contributed by atoms with E-state index in [1.165, 1.54) is 12.8 Å². The molecule has 0 N–H and O–H groups in total. The third kappa shape index (κ3) is 17.3. The molecule has 0 saturated heterocycles. The molecule has 2 aliphatic rings. The molecule has 8 rings (SSSR count). The normalized spacial score (nSPS) is 16.1. The number of hydrogen-bond acceptors (Lipinski definition) is 8. The van der Waals surface area contributed by atoms with Crippen molar-refractivity contribution >= 4 is 70.9 Å². The van der Waals surface area contributed by atoms with Gasteiger partial charge in [-0.3, -0.25) is 19.8 Å². The number of unbranched alkanes of at least 4 members (excludes halogenated alkanes) is 2. The fourth-order valence-corrected chi connectivity index (χ4v) is 5.56. The molecule has 23 heteroatoms. The molecule has 0 aliphatic carbocycles. The second-order valence-electron chi connectivity index (χ2n) is 13.3. The maximum absolute atomic E-state index is 10.7. The SMILES string of the molecule is CCCCN1[C]N(c2ccc3ccc4cccnc4c3n2)C=C1.CCCCN1[C]N(c2ccc3ccc4cccnc4c3n2)C=C1.F[P-](F)(F)(F)(F)F.F[P-](F)(F)(F)(F)F.[Ni+2]. The first-order chi connectivity index (χ1) is 27.6. The number of nitrogens with zero attached hydrogens (tertiary/aromatic N) is 8. The molecule has 8 nitrogen and oxygen atoms in total. The average molecular weight is 953 g/mol. The van der Waals surface area contributed by atoms with Crippen LogP contribution in [0.2, 0.25) is 0 Å². The van der Waals surface area contributed by atoms with Crippen LogP contribution in [0.1, 0.15) is 39.5 Å². The van der Waals surface area contributed by atoms with Gasteiger partial charge in [-0.05, 0) is 49.2 Å². The van der Waals surface area contributed by atoms with Crippen LogP contribution >= 0.6 is 15.6 Å². The summed E-state index contributed by atoms with van der Waals surface area (Å²) < 4.78 is 118. The van der Waals surface area contributed by atoms with Gasteiger partial charge in [0.25, 0.3) is 0 Å². The van der Waals surface area contributed by atoms with Crippen molar-refractivity contribution in [1.82, 2.24) is 29.7 Å². The molecule has 0 atom stereocenters. The van der Waals surface area contributed by atoms with Gasteiger partial charge in [0.05, 0.1) is 22.1 Å². The van der Waals surface area contributed by atoms with Crippen molar-refractivity contribution in [2.75, 3.05) is 22.9 Å². The number of anilines is 2. The molecule has 4 aromatic heterocycles. The summed E-state index contributed by atoms with van der Waals surface area (Å²) in [5.74, 6) is 1.73. The van der Waals surface area contributed by atoms with Gasteiger partial charge in [-0.15, -0.1) is 0 Å². The molecule has 6 aromatic rings. The smallest absolute Gasteiger partial charge is 2.00 e. The first kappa shape index (κ1) is 48.9. The summed E-state index contributed by atoms with van der Waals surface area (Å²) in [4.78, 5) is 26.7. The zero-order valence-electron chi connectivity index (χ0n) is 32.0. The molecule has 2 aliphatic heterocycles. The zero-order valence-corrected chi connectivity index (χ0v) is 34.7. The Morgan fingerprint density at radius 1 is 0.459 bits per heavy atom. The van der Waals surface area contributed by atoms with Crippen molar-refractivity contribution in [1.29, 1.82) is 0 Å². The van der Waals surface area contributed by atoms with E-state index in [0.29, 0.717) is 0 Å². The summed E-state index contributed by atoms with van der Waals surface area (Å²) in [7, 11) is -21.3. The molecule has 0 fully saturated rings. The van der Waals surface area contributed by atoms with Crippen LogP contribution in [-0.2, 0) is 16.5 Å². The first-order valence-electron chi connectivity index (χ1n) is 18.0. The number of hydrogen-bond donors (Lipinski definition) is 0. The van der Waals surface area contributed by atoms with Crippen molar-refractivity contribution in [3.8, 4) is 0 Å². The Labute approximate surface area is 352 Å². The molecule has 61 heavy (non-hydrogen) atoms. The fraction of sp³-hybridized carbons (Fsp3) is 0.211. The summed E-state index contributed by atoms with van der Waals surface area (Å²) in [6, 6.07) is 24.6. The standard InChI is InChI=1S/2C19H18N4.2F6P.Ni/c2*1-2-3-11-22-12-13-23(14-22)17-9-8-16-7-6-15-5-4-10-20-18(15)19(16)21-17;2*1-7(2,3,4,5)6;/h2*4-10,12-13H,2-3,11H2,1H3;;;/q;;2*-1;+2. The molecule has 332 valence electrons. The second-order valence-corrected chi connectivity index (χ2v) is 17.1. The van der Waals surface area contributed by atoms with Gasteiger partial charge in [-0.2, -0.15) is 0 Å². The van der Waals surface area contributed by atoms with Crippen LogP contribution in [0, 0.1) is 13.3 Å². The van der Waals surface area contributed by atoms with Gasteiger partial charge in [0.2, 0.25) is 13.3 Å². The Morgan fingerprint density at radius 3 is 1.10 bits per heavy atom. The van der Waals surface area contributed by atoms with Crippen molar-refractivity contribution < 1.29 is 66.9 Å². The van der Waals surface area contributed by atoms with Crippen LogP contribution in [0.3, 0.4) is 0 Å². The molecular formula is C38H36F12N8NiP2. The van der Waals surface area contributed by atoms with Crippen LogP contribution in [0.15, 0.2) is 110 Å². The van der Waals surface area contributed by atoms with Crippen molar-refractivity contribution in [3.05, 3.63) is 123 Å². The molecule has 0 saturated carbocycles. The van der Waals surface area contributed by atoms with Crippen LogP contribution < -0.4 is 9.80 Å². The Hall–Kier alpha value is -4.73. The zero-order chi connectivity index (χ0) is 44.1. The van der Waals surface area contributed by atoms with E-state index in [2.05, 4.69) is 95.5 Å². The number of benzene rings is 2. The van der Waals surface area contributed by atoms with Gasteiger partial charge >= 0.3 is 82.5 Å². The molecule has 0 unspecified atom stereocenters. The van der Waals surface area contributed by atoms with Gasteiger partial charge in [0, 0.05) is 71.8 Å². The molecule has 2 aromatic carbocycles. The number of pyridine rings is 4. The minimum Gasteiger partial charge on any atom is 2.00 e. The maximum atomic E-state index is 9.87. The number of rotatable bonds is 8. The topological polar surface area (TPSA) is 64.5 Å². The van der Waals surface area contributed by atoms with Gasteiger partial charge in [-0.25, -0.2) is 9.97 Å². The average Bonchev–Trinajstić information content (AvgIpc) is 3.84. The van der Waals surface area contributed by atoms with E-state index in [1.54, 1.807) is 0 Å². The summed E-state index contributed by atoms with van der Waals surface area (Å²) in [5.41, 5.74) is 3.75. The predicted molar refractivity (Wildman–Crippen MR) is 214 cm³/mol. The summed E-state index contributed by atoms with van der Waals surface area (Å²) in [5, 5.41) is 4.43. The van der Waals surface area contributed by atoms with E-state index in [-0.39, 0.29) is 16.5 Å². The largest absolute Gasteiger partial charge is 2.00 e. The molecular weight excluding hydrogens is 917 g/mol. The van der Waals surface area contributed by atoms with Crippen LogP contribution in [-0.4, -0.2) is 42.8 Å². The number of fused-ring (bicyclic) bond motifs is 6. The van der Waals surface area contributed by atoms with E-state index in [4.69, 9.17) is 9.97 Å². The third-order valence-corrected chi connectivity index (χ3v) is 8.10. The van der Waals surface area contributed by atoms with E-state index >= 15 is 0 Å². The van der Waals surface area contributed by atoms with Crippen molar-refractivity contribution in [2.24, 2.45) is 0 Å². The monoisotopic (exact) mass is 952 g/mol. The van der Waals surface area contributed by atoms with Gasteiger partial charge in [0.15, 0.2) is 0 Å². The first-order valence-corrected chi connectivity index (χ1v) is 22.1. The Morgan fingerprint density at radius 2 is 0.770 bits per heavy atom. The minimum absolute atomic E-state index is 0. The number of halogens is 12. The van der Waals surface area contributed by atoms with E-state index in [9.17, 15) is 50.4 Å². The summed E-state index contributed by atoms with van der Waals surface area (Å²) in [6.07, 6.45) is 16.4. The Kier molecular flexibility index (Phi) is 13.8. The van der Waals surface area contributed by atoms with E-state index in [1.807, 2.05) is 71.3 Å². The van der Waals surface area contributed by atoms with Gasteiger partial charge < -0.3 is 9.80 Å². The molecule has 6 heterocycles. The summed E-state index contributed by atoms with van der Waals surface area (Å²) in [6.45, 7) is 13.0. The Balaban J connectivity index is 0.000000204. The second kappa shape index (κ2) is 17.2. The van der Waals surface area contributed by atoms with E-state index < -0.39 is 15.6 Å². The van der Waals surface area contributed by atoms with Crippen molar-refractivity contribution in [3.63, 3.8) is 0 Å².